The number of hydrogen-bond acceptors (Lipinski definition) is 5. The molecule has 5 nitrogen and oxygen atoms in total. The summed E-state index contributed by atoms with van der Waals surface area (Å²) in [5, 5.41) is 9.55. The Morgan fingerprint density at radius 1 is 1.50 bits per heavy atom. The Labute approximate surface area is 106 Å². The molecule has 1 saturated heterocycles. The molecule has 0 saturated carbocycles. The van der Waals surface area contributed by atoms with Crippen LogP contribution in [0.2, 0.25) is 0 Å². The van der Waals surface area contributed by atoms with Crippen LogP contribution in [0.1, 0.15) is 29.6 Å². The molecule has 1 heterocycles. The minimum Gasteiger partial charge on any atom is -0.507 e. The van der Waals surface area contributed by atoms with Crippen molar-refractivity contribution in [2.75, 3.05) is 18.9 Å². The predicted octanol–water partition coefficient (Wildman–Crippen LogP) is 1.70. The van der Waals surface area contributed by atoms with E-state index in [-0.39, 0.29) is 24.0 Å². The molecule has 5 heteroatoms. The lowest BCUT2D eigenvalue weighted by molar-refractivity contribution is -0.0301. The number of benzene rings is 1. The molecule has 1 aliphatic heterocycles. The van der Waals surface area contributed by atoms with Crippen molar-refractivity contribution in [1.82, 2.24) is 0 Å². The van der Waals surface area contributed by atoms with Gasteiger partial charge in [0.05, 0.1) is 6.10 Å². The van der Waals surface area contributed by atoms with E-state index in [0.29, 0.717) is 12.3 Å². The Balaban J connectivity index is 1.92. The molecule has 0 spiro atoms. The fourth-order valence-electron chi connectivity index (χ4n) is 1.90. The second kappa shape index (κ2) is 5.73. The summed E-state index contributed by atoms with van der Waals surface area (Å²) in [6.45, 7) is 0.929. The van der Waals surface area contributed by atoms with Crippen molar-refractivity contribution in [2.45, 2.75) is 25.4 Å². The minimum atomic E-state index is -0.575. The van der Waals surface area contributed by atoms with Crippen LogP contribution in [-0.4, -0.2) is 30.4 Å². The molecule has 0 amide bonds. The number of nitrogens with two attached hydrogens (primary N) is 1. The summed E-state index contributed by atoms with van der Waals surface area (Å²) in [6, 6.07) is 4.30. The van der Waals surface area contributed by atoms with Crippen molar-refractivity contribution in [3.63, 3.8) is 0 Å². The standard InChI is InChI=1S/C13H17NO4/c14-9-4-5-12(15)11(7-9)13(16)18-8-10-3-1-2-6-17-10/h4-5,7,10,15H,1-3,6,8,14H2. The van der Waals surface area contributed by atoms with Crippen LogP contribution in [0.5, 0.6) is 5.75 Å². The highest BCUT2D eigenvalue weighted by atomic mass is 16.6. The summed E-state index contributed by atoms with van der Waals surface area (Å²) >= 11 is 0. The Morgan fingerprint density at radius 3 is 3.06 bits per heavy atom. The highest BCUT2D eigenvalue weighted by Gasteiger charge is 2.18. The van der Waals surface area contributed by atoms with Gasteiger partial charge in [0.15, 0.2) is 0 Å². The van der Waals surface area contributed by atoms with Gasteiger partial charge in [0.1, 0.15) is 17.9 Å². The first-order chi connectivity index (χ1) is 8.66. The van der Waals surface area contributed by atoms with E-state index in [0.717, 1.165) is 19.3 Å². The molecule has 18 heavy (non-hydrogen) atoms. The topological polar surface area (TPSA) is 81.8 Å². The Morgan fingerprint density at radius 2 is 2.33 bits per heavy atom. The van der Waals surface area contributed by atoms with Crippen molar-refractivity contribution in [1.29, 1.82) is 0 Å². The van der Waals surface area contributed by atoms with Gasteiger partial charge < -0.3 is 20.3 Å². The smallest absolute Gasteiger partial charge is 0.342 e. The molecule has 0 aromatic heterocycles. The first-order valence-corrected chi connectivity index (χ1v) is 6.04. The highest BCUT2D eigenvalue weighted by molar-refractivity contribution is 5.93. The molecule has 0 bridgehead atoms. The van der Waals surface area contributed by atoms with Crippen LogP contribution in [0.15, 0.2) is 18.2 Å². The number of phenols is 1. The van der Waals surface area contributed by atoms with E-state index in [4.69, 9.17) is 15.2 Å². The quantitative estimate of drug-likeness (QED) is 0.485. The molecule has 0 radical (unpaired) electrons. The van der Waals surface area contributed by atoms with Crippen molar-refractivity contribution in [3.05, 3.63) is 23.8 Å². The second-order valence-electron chi connectivity index (χ2n) is 4.36. The molecular weight excluding hydrogens is 234 g/mol. The molecule has 0 aliphatic carbocycles. The largest absolute Gasteiger partial charge is 0.507 e. The van der Waals surface area contributed by atoms with Crippen molar-refractivity contribution < 1.29 is 19.4 Å². The van der Waals surface area contributed by atoms with E-state index in [1.54, 1.807) is 0 Å². The molecule has 98 valence electrons. The average Bonchev–Trinajstić information content (AvgIpc) is 2.40. The van der Waals surface area contributed by atoms with Gasteiger partial charge in [0.25, 0.3) is 0 Å². The van der Waals surface area contributed by atoms with Gasteiger partial charge in [-0.15, -0.1) is 0 Å². The molecule has 2 rings (SSSR count). The normalized spacial score (nSPS) is 19.4. The molecule has 1 aromatic carbocycles. The number of esters is 1. The number of nitrogen functional groups attached to an aromatic ring is 1. The summed E-state index contributed by atoms with van der Waals surface area (Å²) in [4.78, 5) is 11.8. The summed E-state index contributed by atoms with van der Waals surface area (Å²) in [7, 11) is 0. The van der Waals surface area contributed by atoms with Crippen LogP contribution < -0.4 is 5.73 Å². The number of rotatable bonds is 3. The molecule has 1 aromatic rings. The SMILES string of the molecule is Nc1ccc(O)c(C(=O)OCC2CCCCO2)c1. The second-order valence-corrected chi connectivity index (χ2v) is 4.36. The van der Waals surface area contributed by atoms with Gasteiger partial charge in [0, 0.05) is 12.3 Å². The van der Waals surface area contributed by atoms with Crippen molar-refractivity contribution in [3.8, 4) is 5.75 Å². The third kappa shape index (κ3) is 3.13. The summed E-state index contributed by atoms with van der Waals surface area (Å²) in [5.41, 5.74) is 6.06. The lowest BCUT2D eigenvalue weighted by Gasteiger charge is -2.22. The van der Waals surface area contributed by atoms with Gasteiger partial charge >= 0.3 is 5.97 Å². The van der Waals surface area contributed by atoms with Gasteiger partial charge in [-0.05, 0) is 37.5 Å². The van der Waals surface area contributed by atoms with Crippen LogP contribution >= 0.6 is 0 Å². The Hall–Kier alpha value is -1.75. The van der Waals surface area contributed by atoms with Crippen LogP contribution in [0.25, 0.3) is 0 Å². The van der Waals surface area contributed by atoms with Gasteiger partial charge in [-0.3, -0.25) is 0 Å². The molecule has 1 fully saturated rings. The first-order valence-electron chi connectivity index (χ1n) is 6.04. The summed E-state index contributed by atoms with van der Waals surface area (Å²) < 4.78 is 10.6. The average molecular weight is 251 g/mol. The van der Waals surface area contributed by atoms with E-state index in [1.165, 1.54) is 18.2 Å². The van der Waals surface area contributed by atoms with Gasteiger partial charge in [-0.1, -0.05) is 0 Å². The monoisotopic (exact) mass is 251 g/mol. The lowest BCUT2D eigenvalue weighted by Crippen LogP contribution is -2.26. The van der Waals surface area contributed by atoms with Gasteiger partial charge in [0.2, 0.25) is 0 Å². The number of ether oxygens (including phenoxy) is 2. The fourth-order valence-corrected chi connectivity index (χ4v) is 1.90. The van der Waals surface area contributed by atoms with Crippen molar-refractivity contribution >= 4 is 11.7 Å². The van der Waals surface area contributed by atoms with E-state index in [9.17, 15) is 9.90 Å². The Kier molecular flexibility index (Phi) is 4.04. The maximum Gasteiger partial charge on any atom is 0.342 e. The maximum absolute atomic E-state index is 11.8. The number of carbonyl (C=O) groups is 1. The predicted molar refractivity (Wildman–Crippen MR) is 66.4 cm³/mol. The molecule has 3 N–H and O–H groups in total. The summed E-state index contributed by atoms with van der Waals surface area (Å²) in [5.74, 6) is -0.701. The van der Waals surface area contributed by atoms with E-state index in [2.05, 4.69) is 0 Å². The molecule has 1 unspecified atom stereocenters. The van der Waals surface area contributed by atoms with Crippen molar-refractivity contribution in [2.24, 2.45) is 0 Å². The van der Waals surface area contributed by atoms with Crippen LogP contribution in [0.4, 0.5) is 5.69 Å². The first kappa shape index (κ1) is 12.7. The Bertz CT molecular complexity index is 427. The van der Waals surface area contributed by atoms with E-state index < -0.39 is 5.97 Å². The highest BCUT2D eigenvalue weighted by Crippen LogP contribution is 2.21. The zero-order chi connectivity index (χ0) is 13.0. The van der Waals surface area contributed by atoms with Crippen LogP contribution in [0, 0.1) is 0 Å². The minimum absolute atomic E-state index is 0.0362. The van der Waals surface area contributed by atoms with E-state index in [1.807, 2.05) is 0 Å². The molecular formula is C13H17NO4. The number of phenolic OH excluding ortho intramolecular Hbond substituents is 1. The van der Waals surface area contributed by atoms with Crippen LogP contribution in [-0.2, 0) is 9.47 Å². The number of carbonyl (C=O) groups excluding carboxylic acids is 1. The third-order valence-electron chi connectivity index (χ3n) is 2.91. The summed E-state index contributed by atoms with van der Waals surface area (Å²) in [6.07, 6.45) is 3.01. The molecule has 1 aliphatic rings. The number of aromatic hydroxyl groups is 1. The molecule has 1 atom stereocenters. The van der Waals surface area contributed by atoms with Gasteiger partial charge in [-0.2, -0.15) is 0 Å². The maximum atomic E-state index is 11.8. The zero-order valence-corrected chi connectivity index (χ0v) is 10.1. The third-order valence-corrected chi connectivity index (χ3v) is 2.91. The number of anilines is 1. The van der Waals surface area contributed by atoms with E-state index >= 15 is 0 Å². The van der Waals surface area contributed by atoms with Gasteiger partial charge in [-0.25, -0.2) is 4.79 Å². The van der Waals surface area contributed by atoms with Crippen LogP contribution in [0.3, 0.4) is 0 Å². The lowest BCUT2D eigenvalue weighted by atomic mass is 10.1. The fraction of sp³-hybridized carbons (Fsp3) is 0.462. The number of hydrogen-bond donors (Lipinski definition) is 2. The zero-order valence-electron chi connectivity index (χ0n) is 10.1.